The Morgan fingerprint density at radius 1 is 0.628 bits per heavy atom. The maximum atomic E-state index is 13.2. The molecular weight excluding hydrogens is 542 g/mol. The summed E-state index contributed by atoms with van der Waals surface area (Å²) in [6.07, 6.45) is 13.4. The standard InChI is InChI=1S/C18H16FN3.C17H16FN3/c19-16-5-3-14(4-6-16)17-18(15-7-9-20-10-8-15)22(12-21-17)11-13-1-2-13;1-12(2)21-11-20-16(13-3-5-15(18)6-4-13)17(21)14-7-9-19-10-8-14/h3-10,12-13H,1-2,11H2;3-12H,1-2H3. The van der Waals surface area contributed by atoms with Crippen molar-refractivity contribution in [2.45, 2.75) is 39.3 Å². The van der Waals surface area contributed by atoms with Crippen LogP contribution in [0.25, 0.3) is 45.0 Å². The zero-order valence-electron chi connectivity index (χ0n) is 24.1. The first-order valence-corrected chi connectivity index (χ1v) is 14.4. The molecule has 0 N–H and O–H groups in total. The van der Waals surface area contributed by atoms with Gasteiger partial charge in [0.2, 0.25) is 0 Å². The quantitative estimate of drug-likeness (QED) is 0.192. The molecule has 43 heavy (non-hydrogen) atoms. The fourth-order valence-corrected chi connectivity index (χ4v) is 5.10. The van der Waals surface area contributed by atoms with Gasteiger partial charge in [-0.05, 0) is 105 Å². The fourth-order valence-electron chi connectivity index (χ4n) is 5.10. The highest BCUT2D eigenvalue weighted by Crippen LogP contribution is 2.36. The predicted octanol–water partition coefficient (Wildman–Crippen LogP) is 8.49. The third-order valence-electron chi connectivity index (χ3n) is 7.48. The summed E-state index contributed by atoms with van der Waals surface area (Å²) in [5, 5.41) is 0. The van der Waals surface area contributed by atoms with Crippen molar-refractivity contribution in [3.63, 3.8) is 0 Å². The van der Waals surface area contributed by atoms with Gasteiger partial charge in [-0.25, -0.2) is 18.7 Å². The SMILES string of the molecule is CC(C)n1cnc(-c2ccc(F)cc2)c1-c1ccncc1.Fc1ccc(-c2ncn(CC3CC3)c2-c2ccncc2)cc1. The molecule has 8 heteroatoms. The molecule has 0 radical (unpaired) electrons. The van der Waals surface area contributed by atoms with E-state index in [1.807, 2.05) is 36.9 Å². The molecule has 1 aliphatic carbocycles. The third kappa shape index (κ3) is 6.43. The minimum atomic E-state index is -0.243. The van der Waals surface area contributed by atoms with Crippen LogP contribution >= 0.6 is 0 Å². The summed E-state index contributed by atoms with van der Waals surface area (Å²) in [6.45, 7) is 5.22. The maximum Gasteiger partial charge on any atom is 0.123 e. The summed E-state index contributed by atoms with van der Waals surface area (Å²) in [4.78, 5) is 17.3. The first-order valence-electron chi connectivity index (χ1n) is 14.4. The molecule has 7 rings (SSSR count). The van der Waals surface area contributed by atoms with Crippen LogP contribution in [0.3, 0.4) is 0 Å². The zero-order chi connectivity index (χ0) is 29.8. The lowest BCUT2D eigenvalue weighted by Gasteiger charge is -2.13. The summed E-state index contributed by atoms with van der Waals surface area (Å²) in [6, 6.07) is 21.1. The summed E-state index contributed by atoms with van der Waals surface area (Å²) in [5.74, 6) is 0.287. The van der Waals surface area contributed by atoms with Crippen molar-refractivity contribution in [1.29, 1.82) is 0 Å². The Labute approximate surface area is 249 Å². The molecule has 216 valence electrons. The van der Waals surface area contributed by atoms with Crippen molar-refractivity contribution >= 4 is 0 Å². The molecule has 0 amide bonds. The van der Waals surface area contributed by atoms with Gasteiger partial charge in [0.25, 0.3) is 0 Å². The maximum absolute atomic E-state index is 13.2. The Hall–Kier alpha value is -4.98. The molecule has 4 aromatic heterocycles. The zero-order valence-corrected chi connectivity index (χ0v) is 24.1. The predicted molar refractivity (Wildman–Crippen MR) is 165 cm³/mol. The van der Waals surface area contributed by atoms with Gasteiger partial charge in [0.05, 0.1) is 35.4 Å². The second-order valence-corrected chi connectivity index (χ2v) is 11.0. The average Bonchev–Trinajstić information content (AvgIpc) is 3.58. The molecule has 0 bridgehead atoms. The number of nitrogens with zero attached hydrogens (tertiary/aromatic N) is 6. The Balaban J connectivity index is 0.000000153. The monoisotopic (exact) mass is 574 g/mol. The van der Waals surface area contributed by atoms with Crippen LogP contribution in [0.15, 0.2) is 110 Å². The molecule has 0 saturated heterocycles. The Bertz CT molecular complexity index is 1770. The van der Waals surface area contributed by atoms with Crippen molar-refractivity contribution < 1.29 is 8.78 Å². The van der Waals surface area contributed by atoms with Gasteiger partial charge < -0.3 is 9.13 Å². The number of benzene rings is 2. The third-order valence-corrected chi connectivity index (χ3v) is 7.48. The van der Waals surface area contributed by atoms with E-state index < -0.39 is 0 Å². The van der Waals surface area contributed by atoms with Crippen LogP contribution < -0.4 is 0 Å². The topological polar surface area (TPSA) is 61.4 Å². The van der Waals surface area contributed by atoms with Gasteiger partial charge in [0.15, 0.2) is 0 Å². The van der Waals surface area contributed by atoms with Crippen molar-refractivity contribution in [1.82, 2.24) is 29.1 Å². The van der Waals surface area contributed by atoms with Gasteiger partial charge in [0.1, 0.15) is 11.6 Å². The molecule has 1 saturated carbocycles. The van der Waals surface area contributed by atoms with E-state index in [-0.39, 0.29) is 17.7 Å². The lowest BCUT2D eigenvalue weighted by atomic mass is 10.1. The van der Waals surface area contributed by atoms with E-state index in [4.69, 9.17) is 0 Å². The lowest BCUT2D eigenvalue weighted by Crippen LogP contribution is -2.01. The highest BCUT2D eigenvalue weighted by molar-refractivity contribution is 5.79. The fraction of sp³-hybridized carbons (Fsp3) is 0.200. The molecule has 0 spiro atoms. The highest BCUT2D eigenvalue weighted by Gasteiger charge is 2.24. The minimum absolute atomic E-state index is 0.230. The first kappa shape index (κ1) is 28.2. The second-order valence-electron chi connectivity index (χ2n) is 11.0. The summed E-state index contributed by atoms with van der Waals surface area (Å²) in [5.41, 5.74) is 7.84. The first-order chi connectivity index (χ1) is 21.0. The molecule has 0 unspecified atom stereocenters. The van der Waals surface area contributed by atoms with Gasteiger partial charge in [-0.3, -0.25) is 9.97 Å². The van der Waals surface area contributed by atoms with Crippen LogP contribution in [0.1, 0.15) is 32.7 Å². The van der Waals surface area contributed by atoms with E-state index in [1.54, 1.807) is 49.1 Å². The van der Waals surface area contributed by atoms with Crippen LogP contribution in [-0.4, -0.2) is 29.1 Å². The van der Waals surface area contributed by atoms with Gasteiger partial charge in [-0.2, -0.15) is 0 Å². The van der Waals surface area contributed by atoms with E-state index in [0.717, 1.165) is 57.5 Å². The molecule has 1 fully saturated rings. The molecular formula is C35H32F2N6. The number of hydrogen-bond donors (Lipinski definition) is 0. The molecule has 6 aromatic rings. The van der Waals surface area contributed by atoms with Crippen LogP contribution in [0.5, 0.6) is 0 Å². The Morgan fingerprint density at radius 3 is 1.58 bits per heavy atom. The smallest absolute Gasteiger partial charge is 0.123 e. The van der Waals surface area contributed by atoms with E-state index in [9.17, 15) is 8.78 Å². The second kappa shape index (κ2) is 12.5. The molecule has 6 nitrogen and oxygen atoms in total. The summed E-state index contributed by atoms with van der Waals surface area (Å²) >= 11 is 0. The Morgan fingerprint density at radius 2 is 1.09 bits per heavy atom. The van der Waals surface area contributed by atoms with E-state index in [1.165, 1.54) is 37.1 Å². The van der Waals surface area contributed by atoms with Crippen molar-refractivity contribution in [3.8, 4) is 45.0 Å². The number of aromatic nitrogens is 6. The van der Waals surface area contributed by atoms with E-state index in [2.05, 4.69) is 42.9 Å². The lowest BCUT2D eigenvalue weighted by molar-refractivity contribution is 0.605. The summed E-state index contributed by atoms with van der Waals surface area (Å²) in [7, 11) is 0. The molecule has 2 aromatic carbocycles. The number of hydrogen-bond acceptors (Lipinski definition) is 4. The number of rotatable bonds is 7. The normalized spacial score (nSPS) is 12.7. The molecule has 0 atom stereocenters. The number of imidazole rings is 2. The largest absolute Gasteiger partial charge is 0.330 e. The van der Waals surface area contributed by atoms with Gasteiger partial charge >= 0.3 is 0 Å². The Kier molecular flexibility index (Phi) is 8.18. The average molecular weight is 575 g/mol. The highest BCUT2D eigenvalue weighted by atomic mass is 19.1. The molecule has 1 aliphatic rings. The molecule has 4 heterocycles. The van der Waals surface area contributed by atoms with Crippen molar-refractivity contribution in [2.24, 2.45) is 5.92 Å². The van der Waals surface area contributed by atoms with Crippen molar-refractivity contribution in [3.05, 3.63) is 122 Å². The van der Waals surface area contributed by atoms with Crippen LogP contribution in [-0.2, 0) is 6.54 Å². The van der Waals surface area contributed by atoms with E-state index >= 15 is 0 Å². The van der Waals surface area contributed by atoms with Crippen LogP contribution in [0.4, 0.5) is 8.78 Å². The van der Waals surface area contributed by atoms with E-state index in [0.29, 0.717) is 0 Å². The van der Waals surface area contributed by atoms with Crippen LogP contribution in [0, 0.1) is 17.6 Å². The van der Waals surface area contributed by atoms with Gasteiger partial charge in [0, 0.05) is 59.6 Å². The van der Waals surface area contributed by atoms with Crippen molar-refractivity contribution in [2.75, 3.05) is 0 Å². The summed E-state index contributed by atoms with van der Waals surface area (Å²) < 4.78 is 30.6. The van der Waals surface area contributed by atoms with Gasteiger partial charge in [-0.15, -0.1) is 0 Å². The number of halogens is 2. The molecule has 0 aliphatic heterocycles. The number of pyridine rings is 2. The minimum Gasteiger partial charge on any atom is -0.330 e. The van der Waals surface area contributed by atoms with Crippen LogP contribution in [0.2, 0.25) is 0 Å². The van der Waals surface area contributed by atoms with Gasteiger partial charge in [-0.1, -0.05) is 0 Å².